The lowest BCUT2D eigenvalue weighted by molar-refractivity contribution is 0.376. The van der Waals surface area contributed by atoms with E-state index >= 15 is 0 Å². The van der Waals surface area contributed by atoms with Gasteiger partial charge in [-0.25, -0.2) is 0 Å². The Kier molecular flexibility index (Phi) is 5.00. The van der Waals surface area contributed by atoms with E-state index in [-0.39, 0.29) is 5.25 Å². The minimum absolute atomic E-state index is 0.000326. The Morgan fingerprint density at radius 2 is 2.00 bits per heavy atom. The zero-order chi connectivity index (χ0) is 18.1. The maximum atomic E-state index is 6.43. The van der Waals surface area contributed by atoms with Crippen molar-refractivity contribution in [2.75, 3.05) is 0 Å². The summed E-state index contributed by atoms with van der Waals surface area (Å²) in [6.07, 6.45) is 4.73. The second-order valence-electron chi connectivity index (χ2n) is 6.53. The van der Waals surface area contributed by atoms with E-state index in [1.165, 1.54) is 12.8 Å². The summed E-state index contributed by atoms with van der Waals surface area (Å²) in [5.41, 5.74) is 0.918. The highest BCUT2D eigenvalue weighted by molar-refractivity contribution is 7.99. The van der Waals surface area contributed by atoms with Crippen LogP contribution in [-0.2, 0) is 0 Å². The highest BCUT2D eigenvalue weighted by atomic mass is 35.5. The largest absolute Gasteiger partial charge is 0.338 e. The minimum Gasteiger partial charge on any atom is -0.338 e. The van der Waals surface area contributed by atoms with Gasteiger partial charge in [0.2, 0.25) is 5.89 Å². The fraction of sp³-hybridized carbons (Fsp3) is 0.444. The standard InChI is InChI=1S/C18H20ClN5OS/c1-11(17-20-12(2)23-25-17)26-18-22-21-16(14-9-5-6-10-15(14)19)24(18)13-7-3-4-8-13/h5-6,9-11,13H,3-4,7-8H2,1-2H3. The van der Waals surface area contributed by atoms with E-state index in [0.29, 0.717) is 22.8 Å². The van der Waals surface area contributed by atoms with Crippen molar-refractivity contribution < 1.29 is 4.52 Å². The van der Waals surface area contributed by atoms with Crippen molar-refractivity contribution in [3.05, 3.63) is 41.0 Å². The summed E-state index contributed by atoms with van der Waals surface area (Å²) in [6, 6.07) is 8.19. The Morgan fingerprint density at radius 1 is 1.23 bits per heavy atom. The van der Waals surface area contributed by atoms with Gasteiger partial charge >= 0.3 is 0 Å². The van der Waals surface area contributed by atoms with Crippen LogP contribution in [0.4, 0.5) is 0 Å². The van der Waals surface area contributed by atoms with E-state index in [2.05, 4.69) is 24.9 Å². The van der Waals surface area contributed by atoms with Gasteiger partial charge in [0.25, 0.3) is 0 Å². The summed E-state index contributed by atoms with van der Waals surface area (Å²) in [4.78, 5) is 4.34. The predicted molar refractivity (Wildman–Crippen MR) is 101 cm³/mol. The SMILES string of the molecule is Cc1noc(C(C)Sc2nnc(-c3ccccc3Cl)n2C2CCCC2)n1. The van der Waals surface area contributed by atoms with Crippen LogP contribution in [-0.4, -0.2) is 24.9 Å². The summed E-state index contributed by atoms with van der Waals surface area (Å²) in [5.74, 6) is 2.08. The summed E-state index contributed by atoms with van der Waals surface area (Å²) >= 11 is 8.02. The molecule has 1 saturated carbocycles. The van der Waals surface area contributed by atoms with E-state index in [9.17, 15) is 0 Å². The second kappa shape index (κ2) is 7.40. The molecule has 2 heterocycles. The lowest BCUT2D eigenvalue weighted by Crippen LogP contribution is -2.09. The fourth-order valence-electron chi connectivity index (χ4n) is 3.36. The summed E-state index contributed by atoms with van der Waals surface area (Å²) < 4.78 is 7.56. The molecule has 3 aromatic rings. The quantitative estimate of drug-likeness (QED) is 0.554. The van der Waals surface area contributed by atoms with E-state index in [0.717, 1.165) is 29.4 Å². The number of aryl methyl sites for hydroxylation is 1. The molecule has 0 aliphatic heterocycles. The molecule has 0 bridgehead atoms. The number of rotatable bonds is 5. The van der Waals surface area contributed by atoms with Crippen molar-refractivity contribution >= 4 is 23.4 Å². The third-order valence-corrected chi connectivity index (χ3v) is 6.02. The van der Waals surface area contributed by atoms with Gasteiger partial charge in [-0.05, 0) is 38.8 Å². The first-order chi connectivity index (χ1) is 12.6. The molecule has 0 amide bonds. The normalized spacial score (nSPS) is 16.3. The molecule has 0 spiro atoms. The monoisotopic (exact) mass is 389 g/mol. The minimum atomic E-state index is -0.000326. The Hall–Kier alpha value is -1.86. The van der Waals surface area contributed by atoms with Crippen molar-refractivity contribution in [3.63, 3.8) is 0 Å². The summed E-state index contributed by atoms with van der Waals surface area (Å²) in [7, 11) is 0. The molecule has 26 heavy (non-hydrogen) atoms. The van der Waals surface area contributed by atoms with Gasteiger partial charge in [0.05, 0.1) is 10.3 Å². The number of nitrogens with zero attached hydrogens (tertiary/aromatic N) is 5. The van der Waals surface area contributed by atoms with Gasteiger partial charge in [-0.3, -0.25) is 4.57 Å². The molecule has 136 valence electrons. The first kappa shape index (κ1) is 17.5. The lowest BCUT2D eigenvalue weighted by Gasteiger charge is -2.18. The van der Waals surface area contributed by atoms with E-state index < -0.39 is 0 Å². The van der Waals surface area contributed by atoms with Crippen LogP contribution in [0.3, 0.4) is 0 Å². The molecule has 1 atom stereocenters. The van der Waals surface area contributed by atoms with Crippen molar-refractivity contribution in [2.24, 2.45) is 0 Å². The maximum Gasteiger partial charge on any atom is 0.239 e. The second-order valence-corrected chi connectivity index (χ2v) is 8.25. The van der Waals surface area contributed by atoms with Gasteiger partial charge in [-0.2, -0.15) is 4.98 Å². The van der Waals surface area contributed by atoms with Crippen LogP contribution in [0.2, 0.25) is 5.02 Å². The van der Waals surface area contributed by atoms with Crippen LogP contribution in [0.1, 0.15) is 55.6 Å². The van der Waals surface area contributed by atoms with Crippen molar-refractivity contribution in [2.45, 2.75) is 56.0 Å². The molecule has 1 fully saturated rings. The van der Waals surface area contributed by atoms with Gasteiger partial charge < -0.3 is 4.52 Å². The van der Waals surface area contributed by atoms with Crippen LogP contribution in [0.5, 0.6) is 0 Å². The van der Waals surface area contributed by atoms with Gasteiger partial charge in [0.15, 0.2) is 16.8 Å². The lowest BCUT2D eigenvalue weighted by atomic mass is 10.2. The number of hydrogen-bond acceptors (Lipinski definition) is 6. The number of benzene rings is 1. The van der Waals surface area contributed by atoms with E-state index in [1.807, 2.05) is 38.1 Å². The maximum absolute atomic E-state index is 6.43. The number of thioether (sulfide) groups is 1. The molecular weight excluding hydrogens is 370 g/mol. The van der Waals surface area contributed by atoms with Crippen molar-refractivity contribution in [3.8, 4) is 11.4 Å². The predicted octanol–water partition coefficient (Wildman–Crippen LogP) is 5.26. The molecule has 0 N–H and O–H groups in total. The number of halogens is 1. The molecular formula is C18H20ClN5OS. The summed E-state index contributed by atoms with van der Waals surface area (Å²) in [6.45, 7) is 3.86. The molecule has 2 aromatic heterocycles. The first-order valence-electron chi connectivity index (χ1n) is 8.80. The molecule has 1 aliphatic carbocycles. The van der Waals surface area contributed by atoms with Gasteiger partial charge in [-0.1, -0.05) is 53.5 Å². The molecule has 0 saturated heterocycles. The Bertz CT molecular complexity index is 903. The average Bonchev–Trinajstić information content (AvgIpc) is 3.35. The molecule has 4 rings (SSSR count). The van der Waals surface area contributed by atoms with Gasteiger partial charge in [0, 0.05) is 11.6 Å². The van der Waals surface area contributed by atoms with E-state index in [4.69, 9.17) is 16.1 Å². The third kappa shape index (κ3) is 3.38. The Morgan fingerprint density at radius 3 is 2.69 bits per heavy atom. The van der Waals surface area contributed by atoms with Gasteiger partial charge in [-0.15, -0.1) is 10.2 Å². The van der Waals surface area contributed by atoms with Crippen molar-refractivity contribution in [1.29, 1.82) is 0 Å². The zero-order valence-corrected chi connectivity index (χ0v) is 16.3. The summed E-state index contributed by atoms with van der Waals surface area (Å²) in [5, 5.41) is 14.4. The zero-order valence-electron chi connectivity index (χ0n) is 14.7. The number of hydrogen-bond donors (Lipinski definition) is 0. The Labute approximate surface area is 161 Å². The smallest absolute Gasteiger partial charge is 0.239 e. The molecule has 0 radical (unpaired) electrons. The molecule has 8 heteroatoms. The van der Waals surface area contributed by atoms with Gasteiger partial charge in [0.1, 0.15) is 0 Å². The first-order valence-corrected chi connectivity index (χ1v) is 10.1. The number of aromatic nitrogens is 5. The highest BCUT2D eigenvalue weighted by Gasteiger charge is 2.27. The topological polar surface area (TPSA) is 69.6 Å². The van der Waals surface area contributed by atoms with Crippen LogP contribution < -0.4 is 0 Å². The molecule has 1 aromatic carbocycles. The molecule has 6 nitrogen and oxygen atoms in total. The Balaban J connectivity index is 1.71. The van der Waals surface area contributed by atoms with Crippen molar-refractivity contribution in [1.82, 2.24) is 24.9 Å². The third-order valence-electron chi connectivity index (χ3n) is 4.64. The van der Waals surface area contributed by atoms with E-state index in [1.54, 1.807) is 11.8 Å². The van der Waals surface area contributed by atoms with Crippen LogP contribution in [0.15, 0.2) is 33.9 Å². The molecule has 1 unspecified atom stereocenters. The fourth-order valence-corrected chi connectivity index (χ4v) is 4.53. The van der Waals surface area contributed by atoms with Crippen LogP contribution in [0.25, 0.3) is 11.4 Å². The highest BCUT2D eigenvalue weighted by Crippen LogP contribution is 2.41. The van der Waals surface area contributed by atoms with Crippen LogP contribution in [0, 0.1) is 6.92 Å². The average molecular weight is 390 g/mol. The molecule has 1 aliphatic rings. The van der Waals surface area contributed by atoms with Crippen LogP contribution >= 0.6 is 23.4 Å².